The first-order valence-corrected chi connectivity index (χ1v) is 11.8. The summed E-state index contributed by atoms with van der Waals surface area (Å²) in [6, 6.07) is 5.31. The van der Waals surface area contributed by atoms with E-state index in [2.05, 4.69) is 0 Å². The summed E-state index contributed by atoms with van der Waals surface area (Å²) in [7, 11) is 1.34. The van der Waals surface area contributed by atoms with Gasteiger partial charge in [-0.1, -0.05) is 6.07 Å². The van der Waals surface area contributed by atoms with E-state index in [1.165, 1.54) is 19.2 Å². The number of alkyl halides is 6. The van der Waals surface area contributed by atoms with Gasteiger partial charge in [-0.15, -0.1) is 12.4 Å². The highest BCUT2D eigenvalue weighted by molar-refractivity contribution is 5.85. The molecule has 1 saturated heterocycles. The van der Waals surface area contributed by atoms with Crippen molar-refractivity contribution in [3.63, 3.8) is 0 Å². The molecule has 2 aromatic rings. The van der Waals surface area contributed by atoms with Gasteiger partial charge >= 0.3 is 12.4 Å². The molecule has 1 aliphatic heterocycles. The van der Waals surface area contributed by atoms with E-state index in [0.717, 1.165) is 10.5 Å². The van der Waals surface area contributed by atoms with Crippen molar-refractivity contribution in [1.82, 2.24) is 9.80 Å². The Hall–Kier alpha value is -2.37. The van der Waals surface area contributed by atoms with Crippen LogP contribution in [0.1, 0.15) is 47.1 Å². The van der Waals surface area contributed by atoms with Crippen molar-refractivity contribution in [1.29, 1.82) is 0 Å². The van der Waals surface area contributed by atoms with Gasteiger partial charge in [-0.25, -0.2) is 4.39 Å². The fraction of sp³-hybridized carbons (Fsp3) is 0.500. The van der Waals surface area contributed by atoms with Crippen LogP contribution in [0.3, 0.4) is 0 Å². The number of nitrogens with zero attached hydrogens (tertiary/aromatic N) is 2. The second-order valence-corrected chi connectivity index (χ2v) is 9.64. The standard InChI is InChI=1S/C26H29F7N2O2.ClH/c1-15-8-20(27)4-5-21(15)23-13-35(16(2)14-36)7-6-22(23)24(37)34(3)12-17-9-18(25(28,29)30)11-19(10-17)26(31,32)33;/h4-5,8-11,16,22-23,36H,6-7,12-14H2,1-3H3;1H. The Labute approximate surface area is 222 Å². The van der Waals surface area contributed by atoms with Gasteiger partial charge in [0, 0.05) is 38.0 Å². The molecular formula is C26H30ClF7N2O2. The summed E-state index contributed by atoms with van der Waals surface area (Å²) < 4.78 is 93.3. The lowest BCUT2D eigenvalue weighted by Gasteiger charge is -2.42. The van der Waals surface area contributed by atoms with Crippen molar-refractivity contribution in [2.45, 2.75) is 51.1 Å². The molecule has 2 aromatic carbocycles. The predicted molar refractivity (Wildman–Crippen MR) is 130 cm³/mol. The number of aryl methyl sites for hydroxylation is 1. The average Bonchev–Trinajstić information content (AvgIpc) is 2.81. The van der Waals surface area contributed by atoms with E-state index in [-0.39, 0.29) is 36.7 Å². The maximum Gasteiger partial charge on any atom is 0.416 e. The number of benzene rings is 2. The van der Waals surface area contributed by atoms with Crippen LogP contribution in [0, 0.1) is 18.7 Å². The number of hydrogen-bond donors (Lipinski definition) is 1. The molecule has 3 rings (SSSR count). The second-order valence-electron chi connectivity index (χ2n) is 9.64. The minimum absolute atomic E-state index is 0. The van der Waals surface area contributed by atoms with Crippen LogP contribution in [0.15, 0.2) is 36.4 Å². The van der Waals surface area contributed by atoms with E-state index in [0.29, 0.717) is 37.2 Å². The highest BCUT2D eigenvalue weighted by atomic mass is 35.5. The third kappa shape index (κ3) is 7.39. The topological polar surface area (TPSA) is 43.8 Å². The zero-order valence-electron chi connectivity index (χ0n) is 21.0. The largest absolute Gasteiger partial charge is 0.416 e. The van der Waals surface area contributed by atoms with Crippen molar-refractivity contribution in [3.8, 4) is 0 Å². The average molecular weight is 571 g/mol. The van der Waals surface area contributed by atoms with Gasteiger partial charge in [-0.3, -0.25) is 9.69 Å². The molecule has 0 aliphatic carbocycles. The molecule has 1 amide bonds. The number of rotatable bonds is 6. The summed E-state index contributed by atoms with van der Waals surface area (Å²) in [6.07, 6.45) is -9.62. The molecule has 1 heterocycles. The molecule has 1 fully saturated rings. The molecular weight excluding hydrogens is 541 g/mol. The highest BCUT2D eigenvalue weighted by Gasteiger charge is 2.40. The zero-order valence-corrected chi connectivity index (χ0v) is 21.9. The fourth-order valence-corrected chi connectivity index (χ4v) is 4.90. The van der Waals surface area contributed by atoms with E-state index >= 15 is 0 Å². The van der Waals surface area contributed by atoms with E-state index in [1.54, 1.807) is 13.0 Å². The smallest absolute Gasteiger partial charge is 0.395 e. The van der Waals surface area contributed by atoms with Crippen molar-refractivity contribution in [2.24, 2.45) is 5.92 Å². The summed E-state index contributed by atoms with van der Waals surface area (Å²) in [5.74, 6) is -1.92. The van der Waals surface area contributed by atoms with Crippen LogP contribution in [0.4, 0.5) is 30.7 Å². The molecule has 38 heavy (non-hydrogen) atoms. The molecule has 0 aromatic heterocycles. The number of halogens is 8. The summed E-state index contributed by atoms with van der Waals surface area (Å²) in [4.78, 5) is 16.6. The zero-order chi connectivity index (χ0) is 27.7. The van der Waals surface area contributed by atoms with Crippen LogP contribution < -0.4 is 0 Å². The van der Waals surface area contributed by atoms with E-state index < -0.39 is 53.6 Å². The molecule has 4 nitrogen and oxygen atoms in total. The Kier molecular flexibility index (Phi) is 10.2. The predicted octanol–water partition coefficient (Wildman–Crippen LogP) is 6.04. The summed E-state index contributed by atoms with van der Waals surface area (Å²) in [5, 5.41) is 9.59. The SMILES string of the molecule is Cc1cc(F)ccc1C1CN(C(C)CO)CCC1C(=O)N(C)Cc1cc(C(F)(F)F)cc(C(F)(F)F)c1.Cl. The van der Waals surface area contributed by atoms with Gasteiger partial charge in [0.1, 0.15) is 5.82 Å². The number of aliphatic hydroxyl groups is 1. The van der Waals surface area contributed by atoms with Crippen LogP contribution in [0.25, 0.3) is 0 Å². The first-order chi connectivity index (χ1) is 17.1. The van der Waals surface area contributed by atoms with Gasteiger partial charge in [-0.2, -0.15) is 26.3 Å². The summed E-state index contributed by atoms with van der Waals surface area (Å²) in [5.41, 5.74) is -1.83. The monoisotopic (exact) mass is 570 g/mol. The van der Waals surface area contributed by atoms with Crippen LogP contribution >= 0.6 is 12.4 Å². The van der Waals surface area contributed by atoms with Gasteiger partial charge in [-0.05, 0) is 73.8 Å². The Morgan fingerprint density at radius 1 is 1.08 bits per heavy atom. The minimum atomic E-state index is -4.99. The van der Waals surface area contributed by atoms with Crippen LogP contribution in [0.2, 0.25) is 0 Å². The minimum Gasteiger partial charge on any atom is -0.395 e. The van der Waals surface area contributed by atoms with Crippen LogP contribution in [0.5, 0.6) is 0 Å². The van der Waals surface area contributed by atoms with E-state index in [4.69, 9.17) is 0 Å². The molecule has 0 spiro atoms. The second kappa shape index (κ2) is 12.2. The molecule has 212 valence electrons. The Bertz CT molecular complexity index is 1090. The molecule has 0 radical (unpaired) electrons. The fourth-order valence-electron chi connectivity index (χ4n) is 4.90. The molecule has 3 atom stereocenters. The summed E-state index contributed by atoms with van der Waals surface area (Å²) >= 11 is 0. The third-order valence-electron chi connectivity index (χ3n) is 6.92. The number of amides is 1. The van der Waals surface area contributed by atoms with Gasteiger partial charge in [0.15, 0.2) is 0 Å². The van der Waals surface area contributed by atoms with Crippen LogP contribution in [-0.2, 0) is 23.7 Å². The number of hydrogen-bond acceptors (Lipinski definition) is 3. The lowest BCUT2D eigenvalue weighted by molar-refractivity contribution is -0.143. The molecule has 1 N–H and O–H groups in total. The Balaban J connectivity index is 0.00000507. The lowest BCUT2D eigenvalue weighted by Crippen LogP contribution is -2.49. The first-order valence-electron chi connectivity index (χ1n) is 11.8. The first kappa shape index (κ1) is 31.8. The number of aliphatic hydroxyl groups excluding tert-OH is 1. The van der Waals surface area contributed by atoms with Gasteiger partial charge < -0.3 is 10.0 Å². The molecule has 1 aliphatic rings. The van der Waals surface area contributed by atoms with E-state index in [1.807, 2.05) is 11.8 Å². The lowest BCUT2D eigenvalue weighted by atomic mass is 9.78. The number of likely N-dealkylation sites (tertiary alicyclic amines) is 1. The number of carbonyl (C=O) groups is 1. The maximum absolute atomic E-state index is 13.8. The van der Waals surface area contributed by atoms with E-state index in [9.17, 15) is 40.6 Å². The number of carbonyl (C=O) groups excluding carboxylic acids is 1. The Morgan fingerprint density at radius 2 is 1.66 bits per heavy atom. The normalized spacial score (nSPS) is 19.6. The van der Waals surface area contributed by atoms with Crippen molar-refractivity contribution >= 4 is 18.3 Å². The van der Waals surface area contributed by atoms with Crippen molar-refractivity contribution < 1.29 is 40.6 Å². The maximum atomic E-state index is 13.8. The number of piperidine rings is 1. The third-order valence-corrected chi connectivity index (χ3v) is 6.92. The van der Waals surface area contributed by atoms with Gasteiger partial charge in [0.2, 0.25) is 5.91 Å². The molecule has 0 bridgehead atoms. The Morgan fingerprint density at radius 3 is 2.16 bits per heavy atom. The highest BCUT2D eigenvalue weighted by Crippen LogP contribution is 2.38. The van der Waals surface area contributed by atoms with Crippen molar-refractivity contribution in [3.05, 3.63) is 70.0 Å². The van der Waals surface area contributed by atoms with Crippen molar-refractivity contribution in [2.75, 3.05) is 26.7 Å². The molecule has 3 unspecified atom stereocenters. The summed E-state index contributed by atoms with van der Waals surface area (Å²) in [6.45, 7) is 3.82. The quantitative estimate of drug-likeness (QED) is 0.431. The van der Waals surface area contributed by atoms with Gasteiger partial charge in [0.05, 0.1) is 17.7 Å². The molecule has 0 saturated carbocycles. The van der Waals surface area contributed by atoms with Gasteiger partial charge in [0.25, 0.3) is 0 Å². The molecule has 12 heteroatoms. The van der Waals surface area contributed by atoms with Crippen LogP contribution in [-0.4, -0.2) is 53.6 Å².